The van der Waals surface area contributed by atoms with Gasteiger partial charge in [0.1, 0.15) is 11.4 Å². The molecule has 1 aromatic heterocycles. The Morgan fingerprint density at radius 1 is 2.00 bits per heavy atom. The number of rotatable bonds is 1. The zero-order chi connectivity index (χ0) is 6.85. The summed E-state index contributed by atoms with van der Waals surface area (Å²) in [6.45, 7) is 1.69. The zero-order valence-corrected chi connectivity index (χ0v) is 5.72. The van der Waals surface area contributed by atoms with E-state index in [9.17, 15) is 0 Å². The maximum atomic E-state index is 8.24. The van der Waals surface area contributed by atoms with E-state index in [2.05, 4.69) is 5.16 Å². The highest BCUT2D eigenvalue weighted by Crippen LogP contribution is 2.07. The van der Waals surface area contributed by atoms with Crippen LogP contribution in [0.2, 0.25) is 0 Å². The molecule has 0 aliphatic rings. The minimum absolute atomic E-state index is 0.538. The largest absolute Gasteiger partial charge is 0.411 e. The fourth-order valence-electron chi connectivity index (χ4n) is 0.462. The number of nitrogen functional groups attached to an aromatic ring is 1. The van der Waals surface area contributed by atoms with Gasteiger partial charge in [0.25, 0.3) is 0 Å². The van der Waals surface area contributed by atoms with E-state index in [1.54, 1.807) is 6.92 Å². The first-order valence-corrected chi connectivity index (χ1v) is 3.20. The second kappa shape index (κ2) is 2.10. The van der Waals surface area contributed by atoms with Gasteiger partial charge in [0.2, 0.25) is 0 Å². The monoisotopic (exact) mass is 145 g/mol. The number of oxime groups is 1. The molecule has 1 rings (SSSR count). The number of nitrogens with zero attached hydrogens (tertiary/aromatic N) is 2. The molecule has 0 atom stereocenters. The van der Waals surface area contributed by atoms with Gasteiger partial charge in [-0.2, -0.15) is 0 Å². The molecule has 9 heavy (non-hydrogen) atoms. The van der Waals surface area contributed by atoms with E-state index < -0.39 is 0 Å². The Balaban J connectivity index is 2.83. The Hall–Kier alpha value is -0.970. The first kappa shape index (κ1) is 6.15. The molecular weight excluding hydrogens is 138 g/mol. The van der Waals surface area contributed by atoms with Crippen molar-refractivity contribution >= 4 is 17.2 Å². The van der Waals surface area contributed by atoms with Crippen LogP contribution in [0.1, 0.15) is 12.6 Å². The molecule has 50 valence electrons. The van der Waals surface area contributed by atoms with Crippen LogP contribution in [0.5, 0.6) is 0 Å². The third-order valence-corrected chi connectivity index (χ3v) is 1.79. The minimum atomic E-state index is 0.538. The first-order chi connectivity index (χ1) is 4.25. The second-order valence-corrected chi connectivity index (χ2v) is 2.46. The van der Waals surface area contributed by atoms with Crippen LogP contribution in [0.25, 0.3) is 0 Å². The van der Waals surface area contributed by atoms with E-state index in [1.807, 2.05) is 5.38 Å². The molecule has 0 fully saturated rings. The summed E-state index contributed by atoms with van der Waals surface area (Å²) in [6, 6.07) is 0. The van der Waals surface area contributed by atoms with Gasteiger partial charge in [-0.3, -0.25) is 0 Å². The van der Waals surface area contributed by atoms with Gasteiger partial charge < -0.3 is 11.0 Å². The van der Waals surface area contributed by atoms with Gasteiger partial charge in [-0.15, -0.1) is 0 Å². The molecule has 0 bridgehead atoms. The second-order valence-electron chi connectivity index (χ2n) is 1.62. The zero-order valence-electron chi connectivity index (χ0n) is 4.90. The summed E-state index contributed by atoms with van der Waals surface area (Å²) in [4.78, 5) is 0. The van der Waals surface area contributed by atoms with E-state index in [4.69, 9.17) is 11.0 Å². The topological polar surface area (TPSA) is 63.5 Å². The van der Waals surface area contributed by atoms with Crippen molar-refractivity contribution in [2.75, 3.05) is 5.84 Å². The van der Waals surface area contributed by atoms with Crippen LogP contribution in [0, 0.1) is 0 Å². The molecule has 4 nitrogen and oxygen atoms in total. The summed E-state index contributed by atoms with van der Waals surface area (Å²) < 4.78 is 1.44. The van der Waals surface area contributed by atoms with Crippen LogP contribution in [0.15, 0.2) is 10.5 Å². The van der Waals surface area contributed by atoms with Crippen molar-refractivity contribution in [3.63, 3.8) is 0 Å². The summed E-state index contributed by atoms with van der Waals surface area (Å²) in [6.07, 6.45) is 0. The average molecular weight is 145 g/mol. The third-order valence-electron chi connectivity index (χ3n) is 1.04. The van der Waals surface area contributed by atoms with Gasteiger partial charge >= 0.3 is 0 Å². The highest BCUT2D eigenvalue weighted by molar-refractivity contribution is 7.06. The fraction of sp³-hybridized carbons (Fsp3) is 0.250. The van der Waals surface area contributed by atoms with Crippen LogP contribution < -0.4 is 5.84 Å². The van der Waals surface area contributed by atoms with Gasteiger partial charge in [-0.25, -0.2) is 4.07 Å². The Labute approximate surface area is 56.3 Å². The van der Waals surface area contributed by atoms with Gasteiger partial charge in [-0.1, -0.05) is 5.16 Å². The minimum Gasteiger partial charge on any atom is -0.411 e. The van der Waals surface area contributed by atoms with E-state index in [1.165, 1.54) is 15.6 Å². The third kappa shape index (κ3) is 0.904. The van der Waals surface area contributed by atoms with E-state index in [0.717, 1.165) is 5.69 Å². The first-order valence-electron chi connectivity index (χ1n) is 2.36. The van der Waals surface area contributed by atoms with Crippen LogP contribution in [0.3, 0.4) is 0 Å². The Kier molecular flexibility index (Phi) is 1.44. The van der Waals surface area contributed by atoms with E-state index in [-0.39, 0.29) is 0 Å². The quantitative estimate of drug-likeness (QED) is 0.261. The van der Waals surface area contributed by atoms with Gasteiger partial charge in [0.05, 0.1) is 0 Å². The Morgan fingerprint density at radius 2 is 2.67 bits per heavy atom. The molecule has 0 aliphatic carbocycles. The maximum absolute atomic E-state index is 8.24. The SMILES string of the molecule is C/C(=N\O)c1csn1N. The van der Waals surface area contributed by atoms with Crippen molar-refractivity contribution in [1.82, 2.24) is 4.07 Å². The lowest BCUT2D eigenvalue weighted by atomic mass is 10.3. The number of aromatic nitrogens is 1. The van der Waals surface area contributed by atoms with Crippen LogP contribution in [-0.4, -0.2) is 15.0 Å². The predicted molar refractivity (Wildman–Crippen MR) is 36.5 cm³/mol. The molecule has 0 amide bonds. The molecule has 0 aromatic carbocycles. The van der Waals surface area contributed by atoms with Crippen LogP contribution in [-0.2, 0) is 0 Å². The lowest BCUT2D eigenvalue weighted by Crippen LogP contribution is -2.17. The number of nitrogens with two attached hydrogens (primary N) is 1. The van der Waals surface area contributed by atoms with Crippen molar-refractivity contribution in [2.45, 2.75) is 6.92 Å². The lowest BCUT2D eigenvalue weighted by Gasteiger charge is -2.07. The number of hydrogen-bond acceptors (Lipinski definition) is 4. The van der Waals surface area contributed by atoms with Crippen molar-refractivity contribution in [1.29, 1.82) is 0 Å². The lowest BCUT2D eigenvalue weighted by molar-refractivity contribution is 0.319. The van der Waals surface area contributed by atoms with Crippen molar-refractivity contribution in [3.05, 3.63) is 11.1 Å². The highest BCUT2D eigenvalue weighted by Gasteiger charge is 2.04. The molecule has 1 aromatic rings. The van der Waals surface area contributed by atoms with E-state index >= 15 is 0 Å². The molecule has 3 N–H and O–H groups in total. The molecule has 5 heteroatoms. The summed E-state index contributed by atoms with van der Waals surface area (Å²) >= 11 is 1.37. The fourth-order valence-corrected chi connectivity index (χ4v) is 1.10. The van der Waals surface area contributed by atoms with Crippen molar-refractivity contribution < 1.29 is 5.21 Å². The van der Waals surface area contributed by atoms with Crippen molar-refractivity contribution in [2.24, 2.45) is 5.16 Å². The molecular formula is C4H7N3OS. The molecule has 0 spiro atoms. The molecule has 0 radical (unpaired) electrons. The standard InChI is InChI=1S/C4H7N3OS/c1-3(6-8)4-2-9-7(4)5/h2,8H,5H2,1H3/b6-3+. The highest BCUT2D eigenvalue weighted by atomic mass is 32.1. The van der Waals surface area contributed by atoms with Crippen LogP contribution in [0.4, 0.5) is 0 Å². The summed E-state index contributed by atoms with van der Waals surface area (Å²) in [5.74, 6) is 5.34. The van der Waals surface area contributed by atoms with Gasteiger partial charge in [0, 0.05) is 5.38 Å². The van der Waals surface area contributed by atoms with Crippen molar-refractivity contribution in [3.8, 4) is 0 Å². The predicted octanol–water partition coefficient (Wildman–Crippen LogP) is 0.462. The Morgan fingerprint density at radius 3 is 2.78 bits per heavy atom. The normalized spacial score (nSPS) is 12.3. The number of hydrogen-bond donors (Lipinski definition) is 2. The smallest absolute Gasteiger partial charge is 0.110 e. The van der Waals surface area contributed by atoms with Crippen LogP contribution >= 0.6 is 11.5 Å². The summed E-state index contributed by atoms with van der Waals surface area (Å²) in [5.41, 5.74) is 1.30. The molecule has 1 heterocycles. The average Bonchev–Trinajstić information content (AvgIpc) is 1.84. The van der Waals surface area contributed by atoms with Gasteiger partial charge in [-0.05, 0) is 18.5 Å². The molecule has 0 saturated heterocycles. The Bertz CT molecular complexity index is 224. The molecule has 0 saturated carbocycles. The molecule has 0 unspecified atom stereocenters. The molecule has 0 aliphatic heterocycles. The summed E-state index contributed by atoms with van der Waals surface area (Å²) in [7, 11) is 0. The van der Waals surface area contributed by atoms with E-state index in [0.29, 0.717) is 5.71 Å². The summed E-state index contributed by atoms with van der Waals surface area (Å²) in [5, 5.41) is 13.0. The maximum Gasteiger partial charge on any atom is 0.110 e. The van der Waals surface area contributed by atoms with Gasteiger partial charge in [0.15, 0.2) is 0 Å².